The molecule has 3 aromatic rings. The predicted molar refractivity (Wildman–Crippen MR) is 89.5 cm³/mol. The van der Waals surface area contributed by atoms with E-state index in [0.29, 0.717) is 15.7 Å². The van der Waals surface area contributed by atoms with E-state index in [1.165, 1.54) is 0 Å². The van der Waals surface area contributed by atoms with Crippen LogP contribution in [0.1, 0.15) is 21.7 Å². The second kappa shape index (κ2) is 5.66. The van der Waals surface area contributed by atoms with Crippen molar-refractivity contribution in [2.75, 3.05) is 0 Å². The molecule has 0 saturated heterocycles. The third-order valence-electron chi connectivity index (χ3n) is 3.11. The fourth-order valence-corrected chi connectivity index (χ4v) is 3.25. The maximum atomic E-state index is 12.6. The number of halogens is 2. The van der Waals surface area contributed by atoms with Gasteiger partial charge in [0.05, 0.1) is 5.52 Å². The van der Waals surface area contributed by atoms with Gasteiger partial charge in [-0.25, -0.2) is 0 Å². The quantitative estimate of drug-likeness (QED) is 0.580. The molecular weight excluding hydrogens is 396 g/mol. The third kappa shape index (κ3) is 2.89. The van der Waals surface area contributed by atoms with Crippen LogP contribution in [0.2, 0.25) is 0 Å². The molecule has 0 saturated carbocycles. The lowest BCUT2D eigenvalue weighted by molar-refractivity contribution is 0.103. The van der Waals surface area contributed by atoms with Crippen molar-refractivity contribution in [3.8, 4) is 0 Å². The number of benzene rings is 1. The molecule has 0 N–H and O–H groups in total. The number of aromatic nitrogens is 2. The van der Waals surface area contributed by atoms with E-state index in [9.17, 15) is 4.79 Å². The van der Waals surface area contributed by atoms with Crippen LogP contribution in [-0.4, -0.2) is 15.8 Å². The Kier molecular flexibility index (Phi) is 3.87. The van der Waals surface area contributed by atoms with Gasteiger partial charge >= 0.3 is 0 Å². The second-order valence-electron chi connectivity index (χ2n) is 4.67. The molecule has 3 nitrogen and oxygen atoms in total. The number of pyridine rings is 2. The first-order chi connectivity index (χ1) is 10.0. The van der Waals surface area contributed by atoms with Gasteiger partial charge in [-0.05, 0) is 69.1 Å². The van der Waals surface area contributed by atoms with E-state index < -0.39 is 0 Å². The molecule has 0 spiro atoms. The summed E-state index contributed by atoms with van der Waals surface area (Å²) in [5, 5.41) is 0.944. The van der Waals surface area contributed by atoms with Crippen molar-refractivity contribution in [2.45, 2.75) is 6.92 Å². The van der Waals surface area contributed by atoms with E-state index in [1.54, 1.807) is 12.3 Å². The van der Waals surface area contributed by atoms with Gasteiger partial charge in [0.2, 0.25) is 5.78 Å². The fraction of sp³-hybridized carbons (Fsp3) is 0.0625. The number of nitrogens with zero attached hydrogens (tertiary/aromatic N) is 2. The lowest BCUT2D eigenvalue weighted by atomic mass is 10.0. The van der Waals surface area contributed by atoms with Gasteiger partial charge in [-0.15, -0.1) is 0 Å². The molecule has 5 heteroatoms. The van der Waals surface area contributed by atoms with E-state index in [4.69, 9.17) is 0 Å². The summed E-state index contributed by atoms with van der Waals surface area (Å²) in [7, 11) is 0. The minimum absolute atomic E-state index is 0.114. The van der Waals surface area contributed by atoms with Crippen LogP contribution >= 0.6 is 31.9 Å². The van der Waals surface area contributed by atoms with Gasteiger partial charge in [-0.2, -0.15) is 0 Å². The zero-order valence-corrected chi connectivity index (χ0v) is 14.3. The summed E-state index contributed by atoms with van der Waals surface area (Å²) in [6.45, 7) is 1.95. The average molecular weight is 406 g/mol. The minimum atomic E-state index is -0.114. The molecule has 21 heavy (non-hydrogen) atoms. The van der Waals surface area contributed by atoms with Crippen molar-refractivity contribution >= 4 is 48.5 Å². The first-order valence-electron chi connectivity index (χ1n) is 6.28. The van der Waals surface area contributed by atoms with Crippen LogP contribution < -0.4 is 0 Å². The van der Waals surface area contributed by atoms with Crippen molar-refractivity contribution in [1.82, 2.24) is 9.97 Å². The summed E-state index contributed by atoms with van der Waals surface area (Å²) in [5.74, 6) is -0.114. The Morgan fingerprint density at radius 2 is 1.90 bits per heavy atom. The van der Waals surface area contributed by atoms with Gasteiger partial charge in [0.1, 0.15) is 5.69 Å². The van der Waals surface area contributed by atoms with Crippen LogP contribution in [0.25, 0.3) is 10.9 Å². The van der Waals surface area contributed by atoms with Crippen molar-refractivity contribution in [1.29, 1.82) is 0 Å². The molecule has 0 amide bonds. The Morgan fingerprint density at radius 1 is 1.10 bits per heavy atom. The molecule has 0 aliphatic carbocycles. The van der Waals surface area contributed by atoms with Crippen LogP contribution in [0.5, 0.6) is 0 Å². The number of carbonyl (C=O) groups excluding carboxylic acids is 1. The van der Waals surface area contributed by atoms with Crippen LogP contribution in [0.4, 0.5) is 0 Å². The number of carbonyl (C=O) groups is 1. The zero-order chi connectivity index (χ0) is 15.0. The van der Waals surface area contributed by atoms with Gasteiger partial charge in [0.15, 0.2) is 0 Å². The molecule has 2 heterocycles. The topological polar surface area (TPSA) is 42.9 Å². The van der Waals surface area contributed by atoms with Crippen molar-refractivity contribution in [2.24, 2.45) is 0 Å². The summed E-state index contributed by atoms with van der Waals surface area (Å²) >= 11 is 6.71. The van der Waals surface area contributed by atoms with E-state index in [0.717, 1.165) is 21.1 Å². The van der Waals surface area contributed by atoms with E-state index >= 15 is 0 Å². The first kappa shape index (κ1) is 14.4. The highest BCUT2D eigenvalue weighted by Crippen LogP contribution is 2.23. The molecule has 0 unspecified atom stereocenters. The molecule has 2 aromatic heterocycles. The van der Waals surface area contributed by atoms with E-state index in [1.807, 2.05) is 37.3 Å². The number of fused-ring (bicyclic) bond motifs is 1. The summed E-state index contributed by atoms with van der Waals surface area (Å²) in [6.07, 6.45) is 1.62. The Morgan fingerprint density at radius 3 is 2.67 bits per heavy atom. The summed E-state index contributed by atoms with van der Waals surface area (Å²) < 4.78 is 1.49. The Labute approximate surface area is 138 Å². The van der Waals surface area contributed by atoms with Gasteiger partial charge in [0, 0.05) is 31.8 Å². The average Bonchev–Trinajstić information content (AvgIpc) is 2.46. The van der Waals surface area contributed by atoms with Gasteiger partial charge in [0.25, 0.3) is 0 Å². The highest BCUT2D eigenvalue weighted by molar-refractivity contribution is 9.11. The van der Waals surface area contributed by atoms with Crippen molar-refractivity contribution in [3.63, 3.8) is 0 Å². The smallest absolute Gasteiger partial charge is 0.212 e. The second-order valence-corrected chi connectivity index (χ2v) is 6.44. The predicted octanol–water partition coefficient (Wildman–Crippen LogP) is 4.69. The van der Waals surface area contributed by atoms with Crippen LogP contribution in [0.3, 0.4) is 0 Å². The van der Waals surface area contributed by atoms with Gasteiger partial charge < -0.3 is 0 Å². The normalized spacial score (nSPS) is 10.8. The maximum Gasteiger partial charge on any atom is 0.212 e. The summed E-state index contributed by atoms with van der Waals surface area (Å²) in [5.41, 5.74) is 2.84. The molecule has 0 bridgehead atoms. The highest BCUT2D eigenvalue weighted by atomic mass is 79.9. The number of ketones is 1. The van der Waals surface area contributed by atoms with Crippen LogP contribution in [0.15, 0.2) is 51.5 Å². The third-order valence-corrected chi connectivity index (χ3v) is 4.15. The van der Waals surface area contributed by atoms with Crippen molar-refractivity contribution in [3.05, 3.63) is 68.5 Å². The molecule has 1 aromatic carbocycles. The molecule has 3 rings (SSSR count). The largest absolute Gasteiger partial charge is 0.287 e. The first-order valence-corrected chi connectivity index (χ1v) is 7.86. The number of hydrogen-bond donors (Lipinski definition) is 0. The Balaban J connectivity index is 2.07. The van der Waals surface area contributed by atoms with Gasteiger partial charge in [-0.1, -0.05) is 6.07 Å². The van der Waals surface area contributed by atoms with E-state index in [-0.39, 0.29) is 5.78 Å². The lowest BCUT2D eigenvalue weighted by Gasteiger charge is -2.05. The molecule has 0 aliphatic rings. The van der Waals surface area contributed by atoms with Crippen LogP contribution in [-0.2, 0) is 0 Å². The number of aryl methyl sites for hydroxylation is 1. The fourth-order valence-electron chi connectivity index (χ4n) is 2.09. The molecule has 104 valence electrons. The minimum Gasteiger partial charge on any atom is -0.287 e. The van der Waals surface area contributed by atoms with Gasteiger partial charge in [-0.3, -0.25) is 14.8 Å². The number of hydrogen-bond acceptors (Lipinski definition) is 3. The molecule has 0 atom stereocenters. The Hall–Kier alpha value is -1.59. The lowest BCUT2D eigenvalue weighted by Crippen LogP contribution is -2.05. The molecule has 0 radical (unpaired) electrons. The Bertz CT molecular complexity index is 862. The SMILES string of the molecule is Cc1ccc2cc(C(=O)c3ncc(Br)cc3Br)ccc2n1. The zero-order valence-electron chi connectivity index (χ0n) is 11.1. The monoisotopic (exact) mass is 404 g/mol. The summed E-state index contributed by atoms with van der Waals surface area (Å²) in [4.78, 5) is 21.2. The standard InChI is InChI=1S/C16H10Br2N2O/c1-9-2-3-10-6-11(4-5-14(10)20-9)16(21)15-13(18)7-12(17)8-19-15/h2-8H,1H3. The van der Waals surface area contributed by atoms with E-state index in [2.05, 4.69) is 41.8 Å². The number of rotatable bonds is 2. The molecule has 0 fully saturated rings. The van der Waals surface area contributed by atoms with Crippen molar-refractivity contribution < 1.29 is 4.79 Å². The maximum absolute atomic E-state index is 12.6. The van der Waals surface area contributed by atoms with Crippen LogP contribution in [0, 0.1) is 6.92 Å². The molecule has 0 aliphatic heterocycles. The summed E-state index contributed by atoms with van der Waals surface area (Å²) in [6, 6.07) is 11.2. The molecular formula is C16H10Br2N2O. The highest BCUT2D eigenvalue weighted by Gasteiger charge is 2.15.